The van der Waals surface area contributed by atoms with E-state index in [0.717, 1.165) is 41.4 Å². The van der Waals surface area contributed by atoms with Crippen LogP contribution < -0.4 is 10.1 Å². The summed E-state index contributed by atoms with van der Waals surface area (Å²) in [4.78, 5) is 17.0. The fraction of sp³-hybridized carbons (Fsp3) is 0.350. The largest absolute Gasteiger partial charge is 0.493 e. The molecule has 0 saturated carbocycles. The molecule has 0 fully saturated rings. The number of anilines is 1. The van der Waals surface area contributed by atoms with E-state index in [0.29, 0.717) is 11.6 Å². The number of aromatic nitrogens is 3. The first-order valence-corrected chi connectivity index (χ1v) is 9.92. The smallest absolute Gasteiger partial charge is 0.228 e. The van der Waals surface area contributed by atoms with Crippen molar-refractivity contribution in [2.24, 2.45) is 0 Å². The molecule has 1 aliphatic rings. The van der Waals surface area contributed by atoms with E-state index in [1.807, 2.05) is 49.0 Å². The van der Waals surface area contributed by atoms with Gasteiger partial charge < -0.3 is 10.1 Å². The fourth-order valence-corrected chi connectivity index (χ4v) is 4.16. The van der Waals surface area contributed by atoms with Gasteiger partial charge in [-0.05, 0) is 50.6 Å². The van der Waals surface area contributed by atoms with Gasteiger partial charge in [0.25, 0.3) is 0 Å². The summed E-state index contributed by atoms with van der Waals surface area (Å²) in [6.45, 7) is 6.70. The first kappa shape index (κ1) is 17.7. The number of nitrogens with zero attached hydrogens (tertiary/aromatic N) is 3. The molecule has 1 aromatic carbocycles. The van der Waals surface area contributed by atoms with E-state index in [2.05, 4.69) is 21.5 Å². The van der Waals surface area contributed by atoms with Gasteiger partial charge in [0.1, 0.15) is 5.75 Å². The first-order chi connectivity index (χ1) is 13.0. The van der Waals surface area contributed by atoms with E-state index in [1.165, 1.54) is 16.9 Å². The van der Waals surface area contributed by atoms with Gasteiger partial charge in [-0.3, -0.25) is 9.48 Å². The van der Waals surface area contributed by atoms with E-state index >= 15 is 0 Å². The summed E-state index contributed by atoms with van der Waals surface area (Å²) in [6.07, 6.45) is 1.29. The molecule has 3 aromatic rings. The van der Waals surface area contributed by atoms with Crippen LogP contribution in [0, 0.1) is 13.8 Å². The molecular weight excluding hydrogens is 360 g/mol. The van der Waals surface area contributed by atoms with Gasteiger partial charge in [-0.2, -0.15) is 5.10 Å². The monoisotopic (exact) mass is 382 g/mol. The third-order valence-electron chi connectivity index (χ3n) is 4.68. The van der Waals surface area contributed by atoms with Gasteiger partial charge in [0.05, 0.1) is 24.0 Å². The second-order valence-corrected chi connectivity index (χ2v) is 7.79. The quantitative estimate of drug-likeness (QED) is 0.720. The normalized spacial score (nSPS) is 13.9. The van der Waals surface area contributed by atoms with Crippen LogP contribution in [0.2, 0.25) is 0 Å². The summed E-state index contributed by atoms with van der Waals surface area (Å²) < 4.78 is 7.45. The Morgan fingerprint density at radius 1 is 1.37 bits per heavy atom. The minimum absolute atomic E-state index is 0.00477. The van der Waals surface area contributed by atoms with Crippen molar-refractivity contribution in [1.29, 1.82) is 0 Å². The van der Waals surface area contributed by atoms with Gasteiger partial charge in [0, 0.05) is 29.5 Å². The van der Waals surface area contributed by atoms with Gasteiger partial charge >= 0.3 is 0 Å². The Bertz CT molecular complexity index is 992. The lowest BCUT2D eigenvalue weighted by atomic mass is 10.1. The molecule has 1 unspecified atom stereocenters. The van der Waals surface area contributed by atoms with Gasteiger partial charge in [0.2, 0.25) is 5.91 Å². The second kappa shape index (κ2) is 7.15. The lowest BCUT2D eigenvalue weighted by molar-refractivity contribution is -0.116. The zero-order chi connectivity index (χ0) is 19.0. The Balaban J connectivity index is 1.41. The molecule has 0 saturated heterocycles. The highest BCUT2D eigenvalue weighted by atomic mass is 32.1. The number of benzene rings is 1. The number of carbonyl (C=O) groups excluding carboxylic acids is 1. The Morgan fingerprint density at radius 3 is 3.00 bits per heavy atom. The molecule has 2 aromatic heterocycles. The highest BCUT2D eigenvalue weighted by Crippen LogP contribution is 2.32. The zero-order valence-electron chi connectivity index (χ0n) is 15.7. The molecule has 6 nitrogen and oxygen atoms in total. The van der Waals surface area contributed by atoms with Crippen molar-refractivity contribution in [1.82, 2.24) is 14.8 Å². The number of nitrogens with one attached hydrogen (secondary N) is 1. The maximum Gasteiger partial charge on any atom is 0.228 e. The number of fused-ring (bicyclic) bond motifs is 1. The maximum absolute atomic E-state index is 12.4. The maximum atomic E-state index is 12.4. The van der Waals surface area contributed by atoms with E-state index in [-0.39, 0.29) is 11.9 Å². The number of thiazole rings is 1. The molecule has 1 aliphatic heterocycles. The van der Waals surface area contributed by atoms with Crippen LogP contribution in [-0.2, 0) is 11.2 Å². The summed E-state index contributed by atoms with van der Waals surface area (Å²) in [7, 11) is 0. The molecule has 1 amide bonds. The van der Waals surface area contributed by atoms with Crippen molar-refractivity contribution in [3.05, 3.63) is 46.6 Å². The molecule has 4 rings (SSSR count). The Morgan fingerprint density at radius 2 is 2.22 bits per heavy atom. The van der Waals surface area contributed by atoms with Crippen molar-refractivity contribution >= 4 is 22.4 Å². The van der Waals surface area contributed by atoms with E-state index in [9.17, 15) is 4.79 Å². The molecule has 0 aliphatic carbocycles. The Hall–Kier alpha value is -2.67. The second-order valence-electron chi connectivity index (χ2n) is 6.93. The lowest BCUT2D eigenvalue weighted by Crippen LogP contribution is -2.19. The third kappa shape index (κ3) is 3.73. The van der Waals surface area contributed by atoms with Crippen LogP contribution in [0.1, 0.15) is 36.3 Å². The topological polar surface area (TPSA) is 69.0 Å². The predicted molar refractivity (Wildman–Crippen MR) is 106 cm³/mol. The number of hydrogen-bond donors (Lipinski definition) is 1. The van der Waals surface area contributed by atoms with Crippen molar-refractivity contribution in [2.75, 3.05) is 11.9 Å². The molecule has 0 radical (unpaired) electrons. The number of rotatable bonds is 5. The summed E-state index contributed by atoms with van der Waals surface area (Å²) >= 11 is 1.44. The zero-order valence-corrected chi connectivity index (χ0v) is 16.5. The molecule has 140 valence electrons. The summed E-state index contributed by atoms with van der Waals surface area (Å²) in [5, 5.41) is 9.96. The summed E-state index contributed by atoms with van der Waals surface area (Å²) in [5.41, 5.74) is 5.15. The molecule has 3 heterocycles. The molecular formula is C20H22N4O2S. The number of aryl methyl sites for hydroxylation is 2. The Labute approximate surface area is 162 Å². The minimum Gasteiger partial charge on any atom is -0.493 e. The van der Waals surface area contributed by atoms with Crippen LogP contribution in [0.3, 0.4) is 0 Å². The predicted octanol–water partition coefficient (Wildman–Crippen LogP) is 4.15. The summed E-state index contributed by atoms with van der Waals surface area (Å²) in [5.74, 6) is 0.902. The Kier molecular flexibility index (Phi) is 4.70. The average Bonchev–Trinajstić information content (AvgIpc) is 3.33. The van der Waals surface area contributed by atoms with E-state index < -0.39 is 0 Å². The number of amides is 1. The van der Waals surface area contributed by atoms with Gasteiger partial charge in [-0.1, -0.05) is 0 Å². The molecule has 0 bridgehead atoms. The average molecular weight is 382 g/mol. The minimum atomic E-state index is -0.0571. The highest BCUT2D eigenvalue weighted by Gasteiger charge is 2.17. The number of hydrogen-bond acceptors (Lipinski definition) is 5. The van der Waals surface area contributed by atoms with Crippen LogP contribution >= 0.6 is 11.3 Å². The van der Waals surface area contributed by atoms with E-state index in [1.54, 1.807) is 0 Å². The molecule has 0 spiro atoms. The van der Waals surface area contributed by atoms with Crippen molar-refractivity contribution in [3.63, 3.8) is 0 Å². The fourth-order valence-electron chi connectivity index (χ4n) is 3.43. The van der Waals surface area contributed by atoms with Gasteiger partial charge in [0.15, 0.2) is 5.13 Å². The highest BCUT2D eigenvalue weighted by molar-refractivity contribution is 7.14. The van der Waals surface area contributed by atoms with Crippen LogP contribution in [0.15, 0.2) is 29.6 Å². The third-order valence-corrected chi connectivity index (χ3v) is 5.44. The van der Waals surface area contributed by atoms with Gasteiger partial charge in [-0.15, -0.1) is 11.3 Å². The number of ether oxygens (including phenoxy) is 1. The molecule has 27 heavy (non-hydrogen) atoms. The van der Waals surface area contributed by atoms with Crippen LogP contribution in [0.5, 0.6) is 5.75 Å². The first-order valence-electron chi connectivity index (χ1n) is 9.04. The van der Waals surface area contributed by atoms with Crippen molar-refractivity contribution in [2.45, 2.75) is 39.7 Å². The number of carbonyl (C=O) groups is 1. The standard InChI is InChI=1S/C20H22N4O2S/c1-12-8-13(2)24(23-12)14(3)9-19(25)22-20-21-17(11-27-20)15-4-5-18-16(10-15)6-7-26-18/h4-5,8,10-11,14H,6-7,9H2,1-3H3,(H,21,22,25). The molecule has 1 atom stereocenters. The van der Waals surface area contributed by atoms with Crippen LogP contribution in [-0.4, -0.2) is 27.3 Å². The van der Waals surface area contributed by atoms with Gasteiger partial charge in [-0.25, -0.2) is 4.98 Å². The van der Waals surface area contributed by atoms with Crippen molar-refractivity contribution in [3.8, 4) is 17.0 Å². The summed E-state index contributed by atoms with van der Waals surface area (Å²) in [6, 6.07) is 8.13. The van der Waals surface area contributed by atoms with E-state index in [4.69, 9.17) is 4.74 Å². The molecule has 1 N–H and O–H groups in total. The van der Waals surface area contributed by atoms with Crippen LogP contribution in [0.25, 0.3) is 11.3 Å². The van der Waals surface area contributed by atoms with Crippen LogP contribution in [0.4, 0.5) is 5.13 Å². The SMILES string of the molecule is Cc1cc(C)n(C(C)CC(=O)Nc2nc(-c3ccc4c(c3)CCO4)cs2)n1. The lowest BCUT2D eigenvalue weighted by Gasteiger charge is -2.13. The molecule has 7 heteroatoms. The van der Waals surface area contributed by atoms with Crippen molar-refractivity contribution < 1.29 is 9.53 Å².